The van der Waals surface area contributed by atoms with Crippen LogP contribution in [0.2, 0.25) is 0 Å². The molecular formula is C23H28N2O. The number of hydrogen-bond acceptors (Lipinski definition) is 2. The molecule has 0 spiro atoms. The first-order valence-electron chi connectivity index (χ1n) is 9.89. The summed E-state index contributed by atoms with van der Waals surface area (Å²) < 4.78 is 0. The summed E-state index contributed by atoms with van der Waals surface area (Å²) >= 11 is 0. The number of carbonyl (C=O) groups excluding carboxylic acids is 1. The van der Waals surface area contributed by atoms with Crippen LogP contribution >= 0.6 is 0 Å². The van der Waals surface area contributed by atoms with Crippen molar-refractivity contribution in [1.29, 1.82) is 0 Å². The van der Waals surface area contributed by atoms with Gasteiger partial charge in [-0.05, 0) is 36.9 Å². The van der Waals surface area contributed by atoms with Crippen molar-refractivity contribution in [2.45, 2.75) is 31.7 Å². The Hall–Kier alpha value is -2.13. The predicted octanol–water partition coefficient (Wildman–Crippen LogP) is 3.91. The summed E-state index contributed by atoms with van der Waals surface area (Å²) in [6, 6.07) is 21.2. The molecule has 0 N–H and O–H groups in total. The van der Waals surface area contributed by atoms with Gasteiger partial charge in [0.15, 0.2) is 0 Å². The van der Waals surface area contributed by atoms with E-state index >= 15 is 0 Å². The van der Waals surface area contributed by atoms with Gasteiger partial charge in [-0.15, -0.1) is 0 Å². The van der Waals surface area contributed by atoms with Crippen molar-refractivity contribution in [3.63, 3.8) is 0 Å². The number of hydrogen-bond donors (Lipinski definition) is 0. The van der Waals surface area contributed by atoms with Gasteiger partial charge in [0.2, 0.25) is 5.91 Å². The third-order valence-corrected chi connectivity index (χ3v) is 5.87. The summed E-state index contributed by atoms with van der Waals surface area (Å²) in [6.07, 6.45) is 3.26. The van der Waals surface area contributed by atoms with Crippen LogP contribution in [0.4, 0.5) is 0 Å². The van der Waals surface area contributed by atoms with Crippen molar-refractivity contribution in [3.8, 4) is 0 Å². The third kappa shape index (κ3) is 3.99. The smallest absolute Gasteiger partial charge is 0.226 e. The number of carbonyl (C=O) groups is 1. The van der Waals surface area contributed by atoms with Gasteiger partial charge in [-0.3, -0.25) is 9.69 Å². The van der Waals surface area contributed by atoms with Crippen LogP contribution in [0.1, 0.15) is 36.3 Å². The molecule has 136 valence electrons. The highest BCUT2D eigenvalue weighted by atomic mass is 16.2. The van der Waals surface area contributed by atoms with E-state index in [1.807, 2.05) is 0 Å². The lowest BCUT2D eigenvalue weighted by Gasteiger charge is -2.34. The molecule has 4 rings (SSSR count). The lowest BCUT2D eigenvalue weighted by molar-refractivity contribution is -0.136. The van der Waals surface area contributed by atoms with Crippen molar-refractivity contribution < 1.29 is 4.79 Å². The molecule has 2 fully saturated rings. The maximum atomic E-state index is 13.1. The molecule has 0 aromatic heterocycles. The van der Waals surface area contributed by atoms with Gasteiger partial charge < -0.3 is 4.90 Å². The molecule has 26 heavy (non-hydrogen) atoms. The van der Waals surface area contributed by atoms with E-state index in [4.69, 9.17) is 0 Å². The maximum Gasteiger partial charge on any atom is 0.226 e. The second-order valence-electron chi connectivity index (χ2n) is 7.74. The number of rotatable bonds is 4. The number of benzene rings is 2. The lowest BCUT2D eigenvalue weighted by Crippen LogP contribution is -2.43. The average molecular weight is 348 g/mol. The summed E-state index contributed by atoms with van der Waals surface area (Å²) in [6.45, 7) is 4.76. The minimum absolute atomic E-state index is 0.169. The molecule has 0 saturated carbocycles. The normalized spacial score (nSPS) is 23.9. The van der Waals surface area contributed by atoms with Crippen LogP contribution in [0.15, 0.2) is 60.7 Å². The van der Waals surface area contributed by atoms with Crippen molar-refractivity contribution in [3.05, 3.63) is 71.8 Å². The van der Waals surface area contributed by atoms with Crippen molar-refractivity contribution >= 4 is 5.91 Å². The fourth-order valence-electron chi connectivity index (χ4n) is 4.46. The van der Waals surface area contributed by atoms with Gasteiger partial charge in [0.25, 0.3) is 0 Å². The molecule has 2 atom stereocenters. The Morgan fingerprint density at radius 2 is 1.62 bits per heavy atom. The van der Waals surface area contributed by atoms with Gasteiger partial charge >= 0.3 is 0 Å². The average Bonchev–Trinajstić information content (AvgIpc) is 3.19. The molecular weight excluding hydrogens is 320 g/mol. The van der Waals surface area contributed by atoms with Gasteiger partial charge in [0, 0.05) is 32.1 Å². The lowest BCUT2D eigenvalue weighted by atomic mass is 9.96. The molecule has 3 nitrogen and oxygen atoms in total. The summed E-state index contributed by atoms with van der Waals surface area (Å²) in [7, 11) is 0. The van der Waals surface area contributed by atoms with Crippen molar-refractivity contribution in [2.75, 3.05) is 26.2 Å². The van der Waals surface area contributed by atoms with Gasteiger partial charge in [-0.2, -0.15) is 0 Å². The van der Waals surface area contributed by atoms with Crippen LogP contribution in [-0.4, -0.2) is 41.9 Å². The highest BCUT2D eigenvalue weighted by Gasteiger charge is 2.33. The maximum absolute atomic E-state index is 13.1. The molecule has 2 aromatic carbocycles. The minimum atomic E-state index is 0.169. The van der Waals surface area contributed by atoms with Crippen molar-refractivity contribution in [2.24, 2.45) is 5.92 Å². The quantitative estimate of drug-likeness (QED) is 0.836. The number of piperidine rings is 1. The van der Waals surface area contributed by atoms with Crippen LogP contribution in [0.3, 0.4) is 0 Å². The van der Waals surface area contributed by atoms with E-state index in [1.165, 1.54) is 11.1 Å². The van der Waals surface area contributed by atoms with Crippen LogP contribution < -0.4 is 0 Å². The fraction of sp³-hybridized carbons (Fsp3) is 0.435. The van der Waals surface area contributed by atoms with Crippen molar-refractivity contribution in [1.82, 2.24) is 9.80 Å². The molecule has 2 heterocycles. The van der Waals surface area contributed by atoms with E-state index in [0.29, 0.717) is 11.8 Å². The molecule has 2 aromatic rings. The van der Waals surface area contributed by atoms with Crippen LogP contribution in [-0.2, 0) is 11.3 Å². The Morgan fingerprint density at radius 1 is 0.885 bits per heavy atom. The third-order valence-electron chi connectivity index (χ3n) is 5.87. The first-order valence-corrected chi connectivity index (χ1v) is 9.89. The second-order valence-corrected chi connectivity index (χ2v) is 7.74. The zero-order valence-corrected chi connectivity index (χ0v) is 15.4. The number of likely N-dealkylation sites (tertiary alicyclic amines) is 2. The fourth-order valence-corrected chi connectivity index (χ4v) is 4.46. The first kappa shape index (κ1) is 17.3. The first-order chi connectivity index (χ1) is 12.8. The second kappa shape index (κ2) is 8.05. The highest BCUT2D eigenvalue weighted by Crippen LogP contribution is 2.29. The molecule has 2 aliphatic heterocycles. The molecule has 2 aliphatic rings. The molecule has 0 aliphatic carbocycles. The predicted molar refractivity (Wildman–Crippen MR) is 105 cm³/mol. The van der Waals surface area contributed by atoms with Gasteiger partial charge in [0.05, 0.1) is 5.92 Å². The van der Waals surface area contributed by atoms with Crippen LogP contribution in [0, 0.1) is 5.92 Å². The SMILES string of the molecule is O=C(C1CCCN(Cc2ccccc2)C1)N1CCC(c2ccccc2)C1. The standard InChI is InChI=1S/C23H28N2O/c26-23(25-15-13-21(18-25)20-10-5-2-6-11-20)22-12-7-14-24(17-22)16-19-8-3-1-4-9-19/h1-6,8-11,21-22H,7,12-18H2. The Balaban J connectivity index is 1.34. The Morgan fingerprint density at radius 3 is 2.38 bits per heavy atom. The zero-order valence-electron chi connectivity index (χ0n) is 15.4. The largest absolute Gasteiger partial charge is 0.342 e. The molecule has 1 amide bonds. The molecule has 3 heteroatoms. The molecule has 2 saturated heterocycles. The summed E-state index contributed by atoms with van der Waals surface area (Å²) in [5.41, 5.74) is 2.71. The number of nitrogens with zero attached hydrogens (tertiary/aromatic N) is 2. The van der Waals surface area contributed by atoms with E-state index in [2.05, 4.69) is 70.5 Å². The Labute approximate surface area is 156 Å². The molecule has 0 radical (unpaired) electrons. The number of amides is 1. The Kier molecular flexibility index (Phi) is 5.35. The van der Waals surface area contributed by atoms with E-state index < -0.39 is 0 Å². The van der Waals surface area contributed by atoms with E-state index in [9.17, 15) is 4.79 Å². The van der Waals surface area contributed by atoms with Crippen LogP contribution in [0.25, 0.3) is 0 Å². The monoisotopic (exact) mass is 348 g/mol. The molecule has 0 bridgehead atoms. The van der Waals surface area contributed by atoms with Gasteiger partial charge in [-0.1, -0.05) is 60.7 Å². The highest BCUT2D eigenvalue weighted by molar-refractivity contribution is 5.79. The zero-order chi connectivity index (χ0) is 17.8. The summed E-state index contributed by atoms with van der Waals surface area (Å²) in [4.78, 5) is 17.6. The van der Waals surface area contributed by atoms with E-state index in [-0.39, 0.29) is 5.92 Å². The van der Waals surface area contributed by atoms with E-state index in [1.54, 1.807) is 0 Å². The Bertz CT molecular complexity index is 716. The van der Waals surface area contributed by atoms with Gasteiger partial charge in [-0.25, -0.2) is 0 Å². The minimum Gasteiger partial charge on any atom is -0.342 e. The van der Waals surface area contributed by atoms with Gasteiger partial charge in [0.1, 0.15) is 0 Å². The summed E-state index contributed by atoms with van der Waals surface area (Å²) in [5.74, 6) is 1.05. The topological polar surface area (TPSA) is 23.6 Å². The molecule has 2 unspecified atom stereocenters. The van der Waals surface area contributed by atoms with E-state index in [0.717, 1.165) is 52.0 Å². The van der Waals surface area contributed by atoms with Crippen LogP contribution in [0.5, 0.6) is 0 Å². The summed E-state index contributed by atoms with van der Waals surface area (Å²) in [5, 5.41) is 0.